The molecular formula is C29H29SiZr-3. The van der Waals surface area contributed by atoms with Crippen LogP contribution in [0.2, 0.25) is 0 Å². The van der Waals surface area contributed by atoms with Crippen molar-refractivity contribution in [3.05, 3.63) is 126 Å². The maximum absolute atomic E-state index is 3.72. The molecule has 5 aromatic rings. The van der Waals surface area contributed by atoms with Crippen molar-refractivity contribution in [1.29, 1.82) is 0 Å². The molecule has 0 bridgehead atoms. The zero-order valence-corrected chi connectivity index (χ0v) is 22.3. The molecule has 2 heteroatoms. The van der Waals surface area contributed by atoms with E-state index in [1.54, 1.807) is 0 Å². The van der Waals surface area contributed by atoms with Crippen molar-refractivity contribution in [3.8, 4) is 0 Å². The average Bonchev–Trinajstić information content (AvgIpc) is 3.34. The first kappa shape index (κ1) is 25.1. The number of rotatable bonds is 0. The van der Waals surface area contributed by atoms with Gasteiger partial charge in [-0.25, -0.2) is 0 Å². The van der Waals surface area contributed by atoms with E-state index in [-0.39, 0.29) is 0 Å². The second kappa shape index (κ2) is 12.6. The molecule has 0 heterocycles. The fourth-order valence-corrected chi connectivity index (χ4v) is 3.56. The van der Waals surface area contributed by atoms with Gasteiger partial charge >= 0.3 is 30.2 Å². The Hall–Kier alpha value is -2.15. The summed E-state index contributed by atoms with van der Waals surface area (Å²) in [4.78, 5) is 0. The summed E-state index contributed by atoms with van der Waals surface area (Å²) >= 11 is 1.36. The molecule has 0 aliphatic heterocycles. The number of fused-ring (bicyclic) bond motifs is 2. The van der Waals surface area contributed by atoms with Crippen molar-refractivity contribution < 1.29 is 23.3 Å². The van der Waals surface area contributed by atoms with Gasteiger partial charge in [0, 0.05) is 0 Å². The molecule has 31 heavy (non-hydrogen) atoms. The van der Waals surface area contributed by atoms with Crippen molar-refractivity contribution >= 4 is 28.4 Å². The molecule has 0 spiro atoms. The Balaban J connectivity index is 0.000000163. The van der Waals surface area contributed by atoms with E-state index in [9.17, 15) is 0 Å². The van der Waals surface area contributed by atoms with E-state index in [0.29, 0.717) is 0 Å². The van der Waals surface area contributed by atoms with Crippen molar-refractivity contribution in [2.24, 2.45) is 0 Å². The zero-order valence-electron chi connectivity index (χ0n) is 18.9. The molecule has 0 aliphatic carbocycles. The molecule has 0 unspecified atom stereocenters. The molecule has 5 aromatic carbocycles. The molecule has 156 valence electrons. The minimum atomic E-state index is 1.07. The van der Waals surface area contributed by atoms with Gasteiger partial charge in [-0.1, -0.05) is 43.2 Å². The number of aryl methyl sites for hydroxylation is 4. The molecular weight excluding hydrogens is 468 g/mol. The van der Waals surface area contributed by atoms with Crippen LogP contribution in [-0.4, -0.2) is 6.88 Å². The quantitative estimate of drug-likeness (QED) is 0.151. The maximum atomic E-state index is 3.72. The summed E-state index contributed by atoms with van der Waals surface area (Å²) in [6.45, 7) is 15.4. The van der Waals surface area contributed by atoms with E-state index in [0.717, 1.165) is 5.56 Å². The summed E-state index contributed by atoms with van der Waals surface area (Å²) in [5.41, 5.74) is 6.53. The molecule has 0 fully saturated rings. The summed E-state index contributed by atoms with van der Waals surface area (Å²) < 4.78 is 0. The van der Waals surface area contributed by atoms with Crippen LogP contribution < -0.4 is 0 Å². The topological polar surface area (TPSA) is 0 Å². The molecule has 0 amide bonds. The van der Waals surface area contributed by atoms with Crippen molar-refractivity contribution in [1.82, 2.24) is 0 Å². The molecule has 0 saturated heterocycles. The van der Waals surface area contributed by atoms with Crippen molar-refractivity contribution in [2.45, 2.75) is 27.7 Å². The fraction of sp³-hybridized carbons (Fsp3) is 0.138. The van der Waals surface area contributed by atoms with Crippen molar-refractivity contribution in [2.75, 3.05) is 0 Å². The van der Waals surface area contributed by atoms with Gasteiger partial charge in [0.1, 0.15) is 0 Å². The van der Waals surface area contributed by atoms with Gasteiger partial charge in [0.2, 0.25) is 0 Å². The fourth-order valence-electron chi connectivity index (χ4n) is 3.56. The molecule has 2 radical (unpaired) electrons. The standard InChI is InChI=1S/2C11H11.C7H7.Si.Zr/c2*1-8-6-10-5-3-4-9(2)11(10)7-8;1-7-5-3-2-4-6-7;;/h2*3-7H,1-2H3;2-6H,1H2;;/q3*-1;;. The van der Waals surface area contributed by atoms with E-state index in [1.165, 1.54) is 67.1 Å². The van der Waals surface area contributed by atoms with Gasteiger partial charge in [0.25, 0.3) is 0 Å². The molecule has 0 nitrogen and oxygen atoms in total. The van der Waals surface area contributed by atoms with Gasteiger partial charge in [-0.3, -0.25) is 0 Å². The minimum absolute atomic E-state index is 1.07. The third kappa shape index (κ3) is 7.49. The van der Waals surface area contributed by atoms with Gasteiger partial charge in [0.15, 0.2) is 0 Å². The summed E-state index contributed by atoms with van der Waals surface area (Å²) in [6.07, 6.45) is 0. The second-order valence-electron chi connectivity index (χ2n) is 7.71. The molecule has 0 saturated carbocycles. The first-order valence-corrected chi connectivity index (χ1v) is 14.5. The van der Waals surface area contributed by atoms with Crippen LogP contribution in [0.15, 0.2) is 91.0 Å². The first-order valence-electron chi connectivity index (χ1n) is 10.3. The van der Waals surface area contributed by atoms with E-state index in [1.807, 2.05) is 30.3 Å². The average molecular weight is 497 g/mol. The van der Waals surface area contributed by atoms with Gasteiger partial charge in [0.05, 0.1) is 0 Å². The summed E-state index contributed by atoms with van der Waals surface area (Å²) in [6, 6.07) is 31.7. The van der Waals surface area contributed by atoms with E-state index < -0.39 is 0 Å². The Morgan fingerprint density at radius 3 is 1.35 bits per heavy atom. The second-order valence-corrected chi connectivity index (χ2v) is 7.71. The Morgan fingerprint density at radius 2 is 1.03 bits per heavy atom. The van der Waals surface area contributed by atoms with Gasteiger partial charge in [-0.15, -0.1) is 81.2 Å². The zero-order chi connectivity index (χ0) is 22.8. The molecule has 0 aliphatic rings. The third-order valence-electron chi connectivity index (χ3n) is 5.07. The Kier molecular flexibility index (Phi) is 10.2. The number of hydrogen-bond donors (Lipinski definition) is 0. The van der Waals surface area contributed by atoms with E-state index in [2.05, 4.69) is 102 Å². The van der Waals surface area contributed by atoms with Crippen LogP contribution in [0.4, 0.5) is 0 Å². The predicted molar refractivity (Wildman–Crippen MR) is 135 cm³/mol. The number of hydrogen-bond acceptors (Lipinski definition) is 0. The number of benzene rings is 3. The first-order chi connectivity index (χ1) is 14.9. The van der Waals surface area contributed by atoms with E-state index >= 15 is 0 Å². The Labute approximate surface area is 204 Å². The summed E-state index contributed by atoms with van der Waals surface area (Å²) in [7, 11) is 0. The summed E-state index contributed by atoms with van der Waals surface area (Å²) in [5.74, 6) is 0. The van der Waals surface area contributed by atoms with E-state index in [4.69, 9.17) is 0 Å². The molecule has 5 rings (SSSR count). The normalized spacial score (nSPS) is 9.65. The van der Waals surface area contributed by atoms with Crippen LogP contribution in [-0.2, 0) is 23.3 Å². The third-order valence-corrected chi connectivity index (χ3v) is 5.07. The van der Waals surface area contributed by atoms with Crippen LogP contribution in [0.1, 0.15) is 27.8 Å². The Morgan fingerprint density at radius 1 is 0.613 bits per heavy atom. The van der Waals surface area contributed by atoms with Crippen LogP contribution in [0.5, 0.6) is 0 Å². The van der Waals surface area contributed by atoms with Crippen molar-refractivity contribution in [3.63, 3.8) is 0 Å². The SMILES string of the molecule is Cc1cc2c(C)cccc2[cH-]1.Cc1cc2c(C)cccc2[cH-]1.[CH2-]c1ccccc1.[Si]=[Zr]. The van der Waals surface area contributed by atoms with Crippen LogP contribution in [0.3, 0.4) is 0 Å². The summed E-state index contributed by atoms with van der Waals surface area (Å²) in [5, 5.41) is 5.51. The van der Waals surface area contributed by atoms with Crippen LogP contribution in [0.25, 0.3) is 21.5 Å². The van der Waals surface area contributed by atoms with Gasteiger partial charge < -0.3 is 0 Å². The monoisotopic (exact) mass is 495 g/mol. The van der Waals surface area contributed by atoms with Crippen LogP contribution >= 0.6 is 0 Å². The van der Waals surface area contributed by atoms with Crippen LogP contribution in [0, 0.1) is 34.6 Å². The molecule has 0 N–H and O–H groups in total. The van der Waals surface area contributed by atoms with Gasteiger partial charge in [-0.2, -0.15) is 36.8 Å². The predicted octanol–water partition coefficient (Wildman–Crippen LogP) is 7.84. The van der Waals surface area contributed by atoms with Gasteiger partial charge in [-0.05, 0) is 13.8 Å². The molecule has 0 atom stereocenters. The molecule has 0 aromatic heterocycles. The Bertz CT molecular complexity index is 1130.